The summed E-state index contributed by atoms with van der Waals surface area (Å²) in [4.78, 5) is 26.3. The predicted molar refractivity (Wildman–Crippen MR) is 188 cm³/mol. The summed E-state index contributed by atoms with van der Waals surface area (Å²) >= 11 is 1.85. The second-order valence-corrected chi connectivity index (χ2v) is 14.4. The Kier molecular flexibility index (Phi) is 21.7. The summed E-state index contributed by atoms with van der Waals surface area (Å²) in [7, 11) is -2.17. The van der Waals surface area contributed by atoms with Crippen LogP contribution in [0.3, 0.4) is 0 Å². The summed E-state index contributed by atoms with van der Waals surface area (Å²) in [6.07, 6.45) is 17.2. The fourth-order valence-corrected chi connectivity index (χ4v) is 6.80. The van der Waals surface area contributed by atoms with E-state index in [0.717, 1.165) is 30.8 Å². The predicted octanol–water partition coefficient (Wildman–Crippen LogP) is 10.1. The van der Waals surface area contributed by atoms with E-state index in [2.05, 4.69) is 31.0 Å². The molecule has 8 nitrogen and oxygen atoms in total. The molecular weight excluding hydrogens is 607 g/mol. The number of carbonyl (C=O) groups is 1. The van der Waals surface area contributed by atoms with Crippen LogP contribution in [0.1, 0.15) is 130 Å². The van der Waals surface area contributed by atoms with Crippen molar-refractivity contribution < 1.29 is 28.2 Å². The Morgan fingerprint density at radius 1 is 0.956 bits per heavy atom. The number of thioether (sulfide) groups is 1. The minimum Gasteiger partial charge on any atom is -0.447 e. The van der Waals surface area contributed by atoms with E-state index in [0.29, 0.717) is 12.3 Å². The summed E-state index contributed by atoms with van der Waals surface area (Å²) in [5, 5.41) is 2.83. The van der Waals surface area contributed by atoms with Gasteiger partial charge in [0.2, 0.25) is 0 Å². The van der Waals surface area contributed by atoms with Crippen molar-refractivity contribution >= 4 is 26.5 Å². The van der Waals surface area contributed by atoms with E-state index >= 15 is 0 Å². The number of amides is 1. The van der Waals surface area contributed by atoms with Crippen molar-refractivity contribution in [1.29, 1.82) is 0 Å². The molecule has 45 heavy (non-hydrogen) atoms. The standard InChI is InChI=1S/C35H61N2O6PS/c1-6-7-8-9-10-11-12-13-14-15-16-17-18-19-23-36-35(38)40-26-34(42-29(2)3)27-41-44(39)43-33-22-20-21-32(24-33)25-37-28-45-31(5)30(37)4/h20-22,24,29,34,39H,6-19,23,25-28H2,1-5H3,(H,36,38). The van der Waals surface area contributed by atoms with E-state index in [1.54, 1.807) is 6.07 Å². The number of benzene rings is 1. The van der Waals surface area contributed by atoms with Gasteiger partial charge in [0.1, 0.15) is 18.5 Å². The molecule has 2 rings (SSSR count). The number of nitrogens with one attached hydrogen (secondary N) is 1. The van der Waals surface area contributed by atoms with Crippen molar-refractivity contribution in [2.45, 2.75) is 143 Å². The average Bonchev–Trinajstić information content (AvgIpc) is 3.32. The maximum atomic E-state index is 12.2. The van der Waals surface area contributed by atoms with E-state index in [-0.39, 0.29) is 19.3 Å². The molecule has 1 amide bonds. The zero-order valence-corrected chi connectivity index (χ0v) is 30.4. The highest BCUT2D eigenvalue weighted by Crippen LogP contribution is 2.36. The summed E-state index contributed by atoms with van der Waals surface area (Å²) in [6.45, 7) is 11.8. The first-order valence-corrected chi connectivity index (χ1v) is 19.4. The molecule has 0 spiro atoms. The molecule has 1 aromatic carbocycles. The van der Waals surface area contributed by atoms with Crippen molar-refractivity contribution in [2.75, 3.05) is 25.6 Å². The van der Waals surface area contributed by atoms with Gasteiger partial charge in [-0.1, -0.05) is 103 Å². The van der Waals surface area contributed by atoms with E-state index in [1.165, 1.54) is 87.7 Å². The van der Waals surface area contributed by atoms with Crippen LogP contribution in [-0.2, 0) is 20.5 Å². The molecule has 0 aliphatic carbocycles. The lowest BCUT2D eigenvalue weighted by molar-refractivity contribution is -0.0488. The van der Waals surface area contributed by atoms with Crippen LogP contribution in [0.15, 0.2) is 34.9 Å². The fourth-order valence-electron chi connectivity index (χ4n) is 5.19. The maximum absolute atomic E-state index is 12.2. The lowest BCUT2D eigenvalue weighted by Gasteiger charge is -2.22. The molecule has 0 radical (unpaired) electrons. The maximum Gasteiger partial charge on any atom is 0.407 e. The third-order valence-electron chi connectivity index (χ3n) is 7.91. The van der Waals surface area contributed by atoms with Crippen LogP contribution in [-0.4, -0.2) is 53.7 Å². The quantitative estimate of drug-likeness (QED) is 0.0745. The molecule has 0 bridgehead atoms. The minimum atomic E-state index is -2.17. The summed E-state index contributed by atoms with van der Waals surface area (Å²) in [5.74, 6) is 1.49. The Morgan fingerprint density at radius 2 is 1.58 bits per heavy atom. The number of unbranched alkanes of at least 4 members (excludes halogenated alkanes) is 13. The number of alkyl carbamates (subject to hydrolysis) is 1. The molecule has 1 aliphatic heterocycles. The van der Waals surface area contributed by atoms with Gasteiger partial charge in [-0.3, -0.25) is 4.52 Å². The van der Waals surface area contributed by atoms with Gasteiger partial charge < -0.3 is 29.1 Å². The van der Waals surface area contributed by atoms with E-state index < -0.39 is 20.8 Å². The van der Waals surface area contributed by atoms with Crippen LogP contribution >= 0.6 is 20.4 Å². The first kappa shape index (κ1) is 39.7. The lowest BCUT2D eigenvalue weighted by atomic mass is 10.0. The molecule has 0 saturated carbocycles. The van der Waals surface area contributed by atoms with Gasteiger partial charge in [0.05, 0.1) is 18.6 Å². The first-order chi connectivity index (χ1) is 21.8. The Balaban J connectivity index is 1.55. The van der Waals surface area contributed by atoms with Gasteiger partial charge in [-0.05, 0) is 51.8 Å². The highest BCUT2D eigenvalue weighted by atomic mass is 32.2. The smallest absolute Gasteiger partial charge is 0.407 e. The molecule has 2 atom stereocenters. The number of hydrogen-bond acceptors (Lipinski definition) is 8. The van der Waals surface area contributed by atoms with Gasteiger partial charge >= 0.3 is 14.7 Å². The minimum absolute atomic E-state index is 0.0293. The van der Waals surface area contributed by atoms with Gasteiger partial charge in [-0.2, -0.15) is 0 Å². The van der Waals surface area contributed by atoms with Crippen molar-refractivity contribution in [3.05, 3.63) is 40.4 Å². The normalized spacial score (nSPS) is 14.7. The molecule has 0 aromatic heterocycles. The van der Waals surface area contributed by atoms with Crippen LogP contribution < -0.4 is 9.84 Å². The second-order valence-electron chi connectivity index (χ2n) is 12.3. The first-order valence-electron chi connectivity index (χ1n) is 17.3. The molecule has 1 aliphatic rings. The summed E-state index contributed by atoms with van der Waals surface area (Å²) < 4.78 is 22.5. The van der Waals surface area contributed by atoms with Gasteiger partial charge in [0, 0.05) is 23.7 Å². The molecule has 258 valence electrons. The zero-order chi connectivity index (χ0) is 32.7. The lowest BCUT2D eigenvalue weighted by Crippen LogP contribution is -2.33. The SMILES string of the molecule is CCCCCCCCCCCCCCCCNC(=O)OCC(COP(O)Oc1cccc(CN2CSC(C)=C2C)c1)OC(C)C. The largest absolute Gasteiger partial charge is 0.447 e. The van der Waals surface area contributed by atoms with Crippen molar-refractivity contribution in [3.63, 3.8) is 0 Å². The molecule has 0 fully saturated rings. The third kappa shape index (κ3) is 19.0. The van der Waals surface area contributed by atoms with Crippen LogP contribution in [0.5, 0.6) is 5.75 Å². The molecule has 2 N–H and O–H groups in total. The fraction of sp³-hybridized carbons (Fsp3) is 0.743. The zero-order valence-electron chi connectivity index (χ0n) is 28.7. The van der Waals surface area contributed by atoms with E-state index in [4.69, 9.17) is 18.5 Å². The Morgan fingerprint density at radius 3 is 2.16 bits per heavy atom. The highest BCUT2D eigenvalue weighted by molar-refractivity contribution is 8.03. The van der Waals surface area contributed by atoms with Crippen molar-refractivity contribution in [1.82, 2.24) is 10.2 Å². The Labute approximate surface area is 279 Å². The summed E-state index contributed by atoms with van der Waals surface area (Å²) in [5.41, 5.74) is 2.39. The van der Waals surface area contributed by atoms with Crippen LogP contribution in [0, 0.1) is 0 Å². The number of allylic oxidation sites excluding steroid dienone is 2. The molecule has 2 unspecified atom stereocenters. The van der Waals surface area contributed by atoms with Gasteiger partial charge in [0.25, 0.3) is 0 Å². The number of hydrogen-bond donors (Lipinski definition) is 2. The molecule has 1 aromatic rings. The molecule has 10 heteroatoms. The van der Waals surface area contributed by atoms with Crippen molar-refractivity contribution in [3.8, 4) is 5.75 Å². The topological polar surface area (TPSA) is 89.5 Å². The molecule has 1 heterocycles. The highest BCUT2D eigenvalue weighted by Gasteiger charge is 2.20. The van der Waals surface area contributed by atoms with Crippen molar-refractivity contribution in [2.24, 2.45) is 0 Å². The summed E-state index contributed by atoms with van der Waals surface area (Å²) in [6, 6.07) is 7.69. The van der Waals surface area contributed by atoms with Gasteiger partial charge in [0.15, 0.2) is 0 Å². The second kappa shape index (κ2) is 24.6. The molecule has 0 saturated heterocycles. The van der Waals surface area contributed by atoms with Crippen LogP contribution in [0.2, 0.25) is 0 Å². The van der Waals surface area contributed by atoms with Gasteiger partial charge in [-0.25, -0.2) is 4.79 Å². The number of rotatable bonds is 26. The Hall–Kier alpha value is -1.51. The number of carbonyl (C=O) groups excluding carboxylic acids is 1. The monoisotopic (exact) mass is 668 g/mol. The Bertz CT molecular complexity index is 966. The average molecular weight is 669 g/mol. The van der Waals surface area contributed by atoms with Crippen LogP contribution in [0.4, 0.5) is 4.79 Å². The number of ether oxygens (including phenoxy) is 2. The van der Waals surface area contributed by atoms with E-state index in [1.807, 2.05) is 43.8 Å². The number of nitrogens with zero attached hydrogens (tertiary/aromatic N) is 1. The third-order valence-corrected chi connectivity index (χ3v) is 9.82. The van der Waals surface area contributed by atoms with Crippen LogP contribution in [0.25, 0.3) is 0 Å². The van der Waals surface area contributed by atoms with E-state index in [9.17, 15) is 9.69 Å². The molecular formula is C35H61N2O6PS. The van der Waals surface area contributed by atoms with Gasteiger partial charge in [-0.15, -0.1) is 11.8 Å².